The van der Waals surface area contributed by atoms with Crippen LogP contribution < -0.4 is 10.1 Å². The number of furan rings is 1. The lowest BCUT2D eigenvalue weighted by atomic mass is 10.2. The smallest absolute Gasteiger partial charge is 0.119 e. The summed E-state index contributed by atoms with van der Waals surface area (Å²) in [5, 5.41) is 3.36. The summed E-state index contributed by atoms with van der Waals surface area (Å²) in [7, 11) is 0. The highest BCUT2D eigenvalue weighted by Gasteiger charge is 1.98. The van der Waals surface area contributed by atoms with Crippen LogP contribution in [0.3, 0.4) is 0 Å². The Morgan fingerprint density at radius 3 is 2.50 bits per heavy atom. The lowest BCUT2D eigenvalue weighted by molar-refractivity contribution is 0.304. The summed E-state index contributed by atoms with van der Waals surface area (Å²) in [6.07, 6.45) is 8.05. The first-order chi connectivity index (χ1) is 10.9. The van der Waals surface area contributed by atoms with E-state index in [4.69, 9.17) is 9.15 Å². The van der Waals surface area contributed by atoms with Crippen LogP contribution in [0.4, 0.5) is 0 Å². The number of unbranched alkanes of at least 4 members (excludes halogenated alkanes) is 4. The molecule has 0 saturated carbocycles. The second kappa shape index (κ2) is 10.1. The molecule has 0 bridgehead atoms. The minimum atomic E-state index is 0.753. The van der Waals surface area contributed by atoms with E-state index in [0.717, 1.165) is 37.6 Å². The van der Waals surface area contributed by atoms with Crippen molar-refractivity contribution in [1.29, 1.82) is 0 Å². The standard InChI is InChI=1S/C19H27NO2/c1-2-3-4-5-6-13-21-18-11-9-17(10-12-18)15-20-16-19-8-7-14-22-19/h7-12,14,20H,2-6,13,15-16H2,1H3. The van der Waals surface area contributed by atoms with Crippen molar-refractivity contribution in [3.05, 3.63) is 54.0 Å². The molecule has 1 aromatic heterocycles. The first-order valence-corrected chi connectivity index (χ1v) is 8.33. The summed E-state index contributed by atoms with van der Waals surface area (Å²) in [6.45, 7) is 4.64. The molecule has 0 amide bonds. The van der Waals surface area contributed by atoms with Crippen molar-refractivity contribution in [2.24, 2.45) is 0 Å². The van der Waals surface area contributed by atoms with Crippen LogP contribution in [-0.4, -0.2) is 6.61 Å². The average Bonchev–Trinajstić information content (AvgIpc) is 3.05. The number of hydrogen-bond acceptors (Lipinski definition) is 3. The van der Waals surface area contributed by atoms with Crippen molar-refractivity contribution in [3.8, 4) is 5.75 Å². The van der Waals surface area contributed by atoms with Crippen molar-refractivity contribution < 1.29 is 9.15 Å². The van der Waals surface area contributed by atoms with Crippen molar-refractivity contribution >= 4 is 0 Å². The summed E-state index contributed by atoms with van der Waals surface area (Å²) < 4.78 is 11.1. The molecule has 0 aliphatic heterocycles. The van der Waals surface area contributed by atoms with Crippen LogP contribution in [0.2, 0.25) is 0 Å². The molecule has 0 unspecified atom stereocenters. The van der Waals surface area contributed by atoms with E-state index in [1.54, 1.807) is 6.26 Å². The summed E-state index contributed by atoms with van der Waals surface area (Å²) in [5.41, 5.74) is 1.25. The van der Waals surface area contributed by atoms with E-state index in [-0.39, 0.29) is 0 Å². The largest absolute Gasteiger partial charge is 0.494 e. The number of rotatable bonds is 11. The Labute approximate surface area is 133 Å². The third-order valence-electron chi connectivity index (χ3n) is 3.65. The Morgan fingerprint density at radius 2 is 1.77 bits per heavy atom. The van der Waals surface area contributed by atoms with Gasteiger partial charge in [-0.15, -0.1) is 0 Å². The lowest BCUT2D eigenvalue weighted by Gasteiger charge is -2.08. The first-order valence-electron chi connectivity index (χ1n) is 8.33. The van der Waals surface area contributed by atoms with Crippen LogP contribution in [-0.2, 0) is 13.1 Å². The van der Waals surface area contributed by atoms with Gasteiger partial charge in [0.2, 0.25) is 0 Å². The molecule has 2 aromatic rings. The van der Waals surface area contributed by atoms with Gasteiger partial charge in [0.15, 0.2) is 0 Å². The van der Waals surface area contributed by atoms with E-state index < -0.39 is 0 Å². The third-order valence-corrected chi connectivity index (χ3v) is 3.65. The summed E-state index contributed by atoms with van der Waals surface area (Å²) in [5.74, 6) is 1.92. The Bertz CT molecular complexity index is 491. The Hall–Kier alpha value is -1.74. The molecule has 0 radical (unpaired) electrons. The average molecular weight is 301 g/mol. The van der Waals surface area contributed by atoms with Gasteiger partial charge in [-0.3, -0.25) is 0 Å². The molecular formula is C19H27NO2. The highest BCUT2D eigenvalue weighted by Crippen LogP contribution is 2.13. The highest BCUT2D eigenvalue weighted by molar-refractivity contribution is 5.27. The van der Waals surface area contributed by atoms with E-state index in [9.17, 15) is 0 Å². The van der Waals surface area contributed by atoms with Gasteiger partial charge in [0, 0.05) is 6.54 Å². The molecule has 1 aromatic carbocycles. The van der Waals surface area contributed by atoms with E-state index in [0.29, 0.717) is 0 Å². The molecule has 22 heavy (non-hydrogen) atoms. The second-order valence-electron chi connectivity index (χ2n) is 5.59. The fourth-order valence-corrected chi connectivity index (χ4v) is 2.34. The quantitative estimate of drug-likeness (QED) is 0.598. The van der Waals surface area contributed by atoms with Crippen LogP contribution in [0.1, 0.15) is 50.4 Å². The van der Waals surface area contributed by atoms with Crippen LogP contribution >= 0.6 is 0 Å². The van der Waals surface area contributed by atoms with Gasteiger partial charge in [-0.25, -0.2) is 0 Å². The van der Waals surface area contributed by atoms with E-state index >= 15 is 0 Å². The molecule has 0 aliphatic rings. The van der Waals surface area contributed by atoms with E-state index in [1.165, 1.54) is 31.2 Å². The summed E-state index contributed by atoms with van der Waals surface area (Å²) in [6, 6.07) is 12.2. The maximum absolute atomic E-state index is 5.77. The van der Waals surface area contributed by atoms with Gasteiger partial charge in [-0.1, -0.05) is 44.7 Å². The number of benzene rings is 1. The topological polar surface area (TPSA) is 34.4 Å². The highest BCUT2D eigenvalue weighted by atomic mass is 16.5. The first kappa shape index (κ1) is 16.6. The van der Waals surface area contributed by atoms with Crippen molar-refractivity contribution in [1.82, 2.24) is 5.32 Å². The molecule has 2 rings (SSSR count). The van der Waals surface area contributed by atoms with Gasteiger partial charge >= 0.3 is 0 Å². The van der Waals surface area contributed by atoms with Gasteiger partial charge in [0.1, 0.15) is 11.5 Å². The monoisotopic (exact) mass is 301 g/mol. The number of nitrogens with one attached hydrogen (secondary N) is 1. The molecule has 0 atom stereocenters. The summed E-state index contributed by atoms with van der Waals surface area (Å²) in [4.78, 5) is 0. The van der Waals surface area contributed by atoms with Crippen LogP contribution in [0, 0.1) is 0 Å². The number of hydrogen-bond donors (Lipinski definition) is 1. The normalized spacial score (nSPS) is 10.8. The predicted octanol–water partition coefficient (Wildman–Crippen LogP) is 4.92. The fraction of sp³-hybridized carbons (Fsp3) is 0.474. The number of ether oxygens (including phenoxy) is 1. The van der Waals surface area contributed by atoms with Gasteiger partial charge in [-0.2, -0.15) is 0 Å². The zero-order chi connectivity index (χ0) is 15.5. The van der Waals surface area contributed by atoms with E-state index in [2.05, 4.69) is 36.5 Å². The molecule has 0 fully saturated rings. The summed E-state index contributed by atoms with van der Waals surface area (Å²) >= 11 is 0. The van der Waals surface area contributed by atoms with Gasteiger partial charge in [0.05, 0.1) is 19.4 Å². The molecule has 0 aliphatic carbocycles. The molecular weight excluding hydrogens is 274 g/mol. The SMILES string of the molecule is CCCCCCCOc1ccc(CNCc2ccco2)cc1. The maximum Gasteiger partial charge on any atom is 0.119 e. The Balaban J connectivity index is 1.60. The Morgan fingerprint density at radius 1 is 0.955 bits per heavy atom. The zero-order valence-electron chi connectivity index (χ0n) is 13.5. The van der Waals surface area contributed by atoms with Crippen molar-refractivity contribution in [2.45, 2.75) is 52.1 Å². The van der Waals surface area contributed by atoms with E-state index in [1.807, 2.05) is 12.1 Å². The second-order valence-corrected chi connectivity index (χ2v) is 5.59. The van der Waals surface area contributed by atoms with Gasteiger partial charge < -0.3 is 14.5 Å². The molecule has 1 N–H and O–H groups in total. The molecule has 3 nitrogen and oxygen atoms in total. The Kier molecular flexibility index (Phi) is 7.61. The minimum Gasteiger partial charge on any atom is -0.494 e. The van der Waals surface area contributed by atoms with Crippen LogP contribution in [0.5, 0.6) is 5.75 Å². The minimum absolute atomic E-state index is 0.753. The maximum atomic E-state index is 5.77. The molecule has 1 heterocycles. The van der Waals surface area contributed by atoms with Crippen molar-refractivity contribution in [2.75, 3.05) is 6.61 Å². The van der Waals surface area contributed by atoms with Crippen LogP contribution in [0.25, 0.3) is 0 Å². The van der Waals surface area contributed by atoms with Crippen molar-refractivity contribution in [3.63, 3.8) is 0 Å². The zero-order valence-corrected chi connectivity index (χ0v) is 13.5. The molecule has 0 saturated heterocycles. The lowest BCUT2D eigenvalue weighted by Crippen LogP contribution is -2.11. The molecule has 0 spiro atoms. The van der Waals surface area contributed by atoms with Gasteiger partial charge in [0.25, 0.3) is 0 Å². The van der Waals surface area contributed by atoms with Crippen LogP contribution in [0.15, 0.2) is 47.1 Å². The predicted molar refractivity (Wildman–Crippen MR) is 89.9 cm³/mol. The van der Waals surface area contributed by atoms with Gasteiger partial charge in [-0.05, 0) is 36.2 Å². The molecule has 3 heteroatoms. The molecule has 120 valence electrons. The fourth-order valence-electron chi connectivity index (χ4n) is 2.34. The third kappa shape index (κ3) is 6.35.